The maximum absolute atomic E-state index is 4.66. The molecule has 0 radical (unpaired) electrons. The Labute approximate surface area is 114 Å². The number of hydrogen-bond acceptors (Lipinski definition) is 2. The van der Waals surface area contributed by atoms with Gasteiger partial charge in [0.25, 0.3) is 0 Å². The molecule has 102 valence electrons. The molecule has 0 unspecified atom stereocenters. The molecule has 1 aliphatic rings. The van der Waals surface area contributed by atoms with E-state index in [-0.39, 0.29) is 0 Å². The maximum atomic E-state index is 4.66. The lowest BCUT2D eigenvalue weighted by atomic mass is 9.79. The molecular formula is C16H23N3. The third kappa shape index (κ3) is 2.80. The molecule has 3 nitrogen and oxygen atoms in total. The van der Waals surface area contributed by atoms with Crippen molar-refractivity contribution in [3.8, 4) is 0 Å². The van der Waals surface area contributed by atoms with Crippen LogP contribution in [0.15, 0.2) is 18.3 Å². The van der Waals surface area contributed by atoms with Crippen molar-refractivity contribution in [2.45, 2.75) is 57.8 Å². The number of nitrogens with one attached hydrogen (secondary N) is 1. The zero-order chi connectivity index (χ0) is 13.1. The first kappa shape index (κ1) is 12.6. The van der Waals surface area contributed by atoms with E-state index < -0.39 is 0 Å². The Hall–Kier alpha value is -1.38. The highest BCUT2D eigenvalue weighted by Crippen LogP contribution is 2.36. The number of pyridine rings is 1. The van der Waals surface area contributed by atoms with E-state index >= 15 is 0 Å². The summed E-state index contributed by atoms with van der Waals surface area (Å²) in [5.74, 6) is 2.73. The number of aromatic nitrogens is 3. The van der Waals surface area contributed by atoms with Crippen LogP contribution in [0.3, 0.4) is 0 Å². The van der Waals surface area contributed by atoms with E-state index in [0.717, 1.165) is 22.9 Å². The molecule has 3 rings (SSSR count). The molecule has 2 aromatic rings. The summed E-state index contributed by atoms with van der Waals surface area (Å²) >= 11 is 0. The summed E-state index contributed by atoms with van der Waals surface area (Å²) in [5.41, 5.74) is 1.94. The molecule has 19 heavy (non-hydrogen) atoms. The van der Waals surface area contributed by atoms with Gasteiger partial charge in [-0.15, -0.1) is 0 Å². The first-order chi connectivity index (χ1) is 9.36. The summed E-state index contributed by atoms with van der Waals surface area (Å²) in [4.78, 5) is 12.4. The molecule has 3 heteroatoms. The monoisotopic (exact) mass is 257 g/mol. The number of rotatable bonds is 4. The van der Waals surface area contributed by atoms with Gasteiger partial charge in [-0.05, 0) is 43.7 Å². The third-order valence-corrected chi connectivity index (χ3v) is 4.48. The van der Waals surface area contributed by atoms with Crippen molar-refractivity contribution in [1.29, 1.82) is 0 Å². The van der Waals surface area contributed by atoms with Gasteiger partial charge in [-0.1, -0.05) is 26.2 Å². The van der Waals surface area contributed by atoms with Crippen LogP contribution in [0, 0.1) is 5.92 Å². The highest BCUT2D eigenvalue weighted by atomic mass is 15.0. The van der Waals surface area contributed by atoms with Crippen LogP contribution >= 0.6 is 0 Å². The van der Waals surface area contributed by atoms with Crippen LogP contribution < -0.4 is 0 Å². The van der Waals surface area contributed by atoms with Crippen molar-refractivity contribution in [2.24, 2.45) is 5.92 Å². The second kappa shape index (κ2) is 5.72. The predicted octanol–water partition coefficient (Wildman–Crippen LogP) is 4.42. The highest BCUT2D eigenvalue weighted by Gasteiger charge is 2.24. The molecule has 0 aromatic carbocycles. The fourth-order valence-corrected chi connectivity index (χ4v) is 3.27. The maximum Gasteiger partial charge on any atom is 0.177 e. The summed E-state index contributed by atoms with van der Waals surface area (Å²) in [6, 6.07) is 4.03. The molecule has 0 bridgehead atoms. The minimum absolute atomic E-state index is 0.618. The Kier molecular flexibility index (Phi) is 3.81. The molecule has 1 N–H and O–H groups in total. The number of aromatic amines is 1. The van der Waals surface area contributed by atoms with Crippen LogP contribution in [0.1, 0.15) is 63.6 Å². The molecule has 1 fully saturated rings. The van der Waals surface area contributed by atoms with Gasteiger partial charge in [-0.25, -0.2) is 9.97 Å². The minimum atomic E-state index is 0.618. The van der Waals surface area contributed by atoms with Crippen LogP contribution in [-0.4, -0.2) is 15.0 Å². The average molecular weight is 257 g/mol. The summed E-state index contributed by atoms with van der Waals surface area (Å²) < 4.78 is 0. The lowest BCUT2D eigenvalue weighted by Gasteiger charge is -2.27. The smallest absolute Gasteiger partial charge is 0.177 e. The van der Waals surface area contributed by atoms with Crippen LogP contribution in [0.5, 0.6) is 0 Å². The van der Waals surface area contributed by atoms with Crippen LogP contribution in [0.25, 0.3) is 11.2 Å². The summed E-state index contributed by atoms with van der Waals surface area (Å²) in [6.45, 7) is 2.28. The van der Waals surface area contributed by atoms with Gasteiger partial charge in [0.1, 0.15) is 5.82 Å². The number of hydrogen-bond donors (Lipinski definition) is 1. The second-order valence-corrected chi connectivity index (χ2v) is 5.86. The van der Waals surface area contributed by atoms with E-state index in [0.29, 0.717) is 5.92 Å². The Morgan fingerprint density at radius 1 is 1.26 bits per heavy atom. The molecular weight excluding hydrogens is 234 g/mol. The van der Waals surface area contributed by atoms with Gasteiger partial charge in [-0.2, -0.15) is 0 Å². The number of fused-ring (bicyclic) bond motifs is 1. The number of nitrogens with zero attached hydrogens (tertiary/aromatic N) is 2. The van der Waals surface area contributed by atoms with E-state index in [2.05, 4.69) is 27.9 Å². The van der Waals surface area contributed by atoms with Crippen molar-refractivity contribution in [1.82, 2.24) is 15.0 Å². The van der Waals surface area contributed by atoms with E-state index in [1.165, 1.54) is 44.9 Å². The van der Waals surface area contributed by atoms with Crippen molar-refractivity contribution >= 4 is 11.2 Å². The minimum Gasteiger partial charge on any atom is -0.340 e. The predicted molar refractivity (Wildman–Crippen MR) is 78.1 cm³/mol. The fourth-order valence-electron chi connectivity index (χ4n) is 3.27. The van der Waals surface area contributed by atoms with E-state index in [4.69, 9.17) is 0 Å². The van der Waals surface area contributed by atoms with Crippen molar-refractivity contribution in [3.05, 3.63) is 24.2 Å². The van der Waals surface area contributed by atoms with Crippen LogP contribution in [-0.2, 0) is 0 Å². The second-order valence-electron chi connectivity index (χ2n) is 5.86. The molecule has 0 spiro atoms. The zero-order valence-electron chi connectivity index (χ0n) is 11.7. The molecule has 0 saturated heterocycles. The lowest BCUT2D eigenvalue weighted by Crippen LogP contribution is -2.14. The standard InChI is InChI=1S/C16H23N3/c1-2-3-5-12-7-9-13(10-8-12)15-18-14-6-4-11-17-16(14)19-15/h4,6,11-13H,2-3,5,7-10H2,1H3,(H,17,18,19). The van der Waals surface area contributed by atoms with Crippen molar-refractivity contribution in [3.63, 3.8) is 0 Å². The number of imidazole rings is 1. The SMILES string of the molecule is CCCCC1CCC(c2nc3ncccc3[nH]2)CC1. The molecule has 1 saturated carbocycles. The summed E-state index contributed by atoms with van der Waals surface area (Å²) in [6.07, 6.45) is 11.3. The first-order valence-electron chi connectivity index (χ1n) is 7.67. The van der Waals surface area contributed by atoms with Gasteiger partial charge in [0.2, 0.25) is 0 Å². The number of unbranched alkanes of at least 4 members (excludes halogenated alkanes) is 1. The van der Waals surface area contributed by atoms with Gasteiger partial charge in [0.15, 0.2) is 5.65 Å². The molecule has 2 aromatic heterocycles. The summed E-state index contributed by atoms with van der Waals surface area (Å²) in [5, 5.41) is 0. The van der Waals surface area contributed by atoms with Gasteiger partial charge in [0.05, 0.1) is 5.52 Å². The Morgan fingerprint density at radius 3 is 2.84 bits per heavy atom. The number of H-pyrrole nitrogens is 1. The molecule has 1 aliphatic carbocycles. The van der Waals surface area contributed by atoms with Crippen LogP contribution in [0.4, 0.5) is 0 Å². The normalized spacial score (nSPS) is 23.8. The third-order valence-electron chi connectivity index (χ3n) is 4.48. The van der Waals surface area contributed by atoms with E-state index in [1.54, 1.807) is 0 Å². The molecule has 2 heterocycles. The van der Waals surface area contributed by atoms with Crippen molar-refractivity contribution in [2.75, 3.05) is 0 Å². The summed E-state index contributed by atoms with van der Waals surface area (Å²) in [7, 11) is 0. The molecule has 0 amide bonds. The zero-order valence-corrected chi connectivity index (χ0v) is 11.7. The largest absolute Gasteiger partial charge is 0.340 e. The molecule has 0 atom stereocenters. The Morgan fingerprint density at radius 2 is 2.11 bits per heavy atom. The highest BCUT2D eigenvalue weighted by molar-refractivity contribution is 5.70. The molecule has 0 aliphatic heterocycles. The van der Waals surface area contributed by atoms with Gasteiger partial charge in [-0.3, -0.25) is 0 Å². The topological polar surface area (TPSA) is 41.6 Å². The lowest BCUT2D eigenvalue weighted by molar-refractivity contribution is 0.299. The van der Waals surface area contributed by atoms with Crippen molar-refractivity contribution < 1.29 is 0 Å². The van der Waals surface area contributed by atoms with Crippen LogP contribution in [0.2, 0.25) is 0 Å². The van der Waals surface area contributed by atoms with Gasteiger partial charge < -0.3 is 4.98 Å². The first-order valence-corrected chi connectivity index (χ1v) is 7.67. The van der Waals surface area contributed by atoms with Gasteiger partial charge in [0, 0.05) is 12.1 Å². The Bertz CT molecular complexity index is 491. The quantitative estimate of drug-likeness (QED) is 0.880. The average Bonchev–Trinajstić information content (AvgIpc) is 2.89. The Balaban J connectivity index is 1.64. The van der Waals surface area contributed by atoms with Gasteiger partial charge >= 0.3 is 0 Å². The fraction of sp³-hybridized carbons (Fsp3) is 0.625. The van der Waals surface area contributed by atoms with E-state index in [9.17, 15) is 0 Å². The van der Waals surface area contributed by atoms with E-state index in [1.807, 2.05) is 12.3 Å².